The van der Waals surface area contributed by atoms with E-state index in [-0.39, 0.29) is 12.4 Å². The molecule has 0 aliphatic carbocycles. The quantitative estimate of drug-likeness (QED) is 0.0421. The van der Waals surface area contributed by atoms with Crippen molar-refractivity contribution in [3.05, 3.63) is 0 Å². The summed E-state index contributed by atoms with van der Waals surface area (Å²) in [6.45, 7) is 15.7. The summed E-state index contributed by atoms with van der Waals surface area (Å²) in [5, 5.41) is 0. The number of nitrogens with zero attached hydrogens (tertiary/aromatic N) is 1. The highest BCUT2D eigenvalue weighted by Crippen LogP contribution is 2.44. The number of halogens is 1. The van der Waals surface area contributed by atoms with Gasteiger partial charge in [0.05, 0.1) is 25.2 Å². The highest BCUT2D eigenvalue weighted by atomic mass is 35.5. The van der Waals surface area contributed by atoms with Gasteiger partial charge in [0.15, 0.2) is 0 Å². The number of unbranched alkanes of at least 4 members (excludes halogenated alkanes) is 54. The van der Waals surface area contributed by atoms with Crippen LogP contribution in [0.2, 0.25) is 0 Å². The third-order valence-corrected chi connectivity index (χ3v) is 19.6. The summed E-state index contributed by atoms with van der Waals surface area (Å²) in [4.78, 5) is 0. The van der Waals surface area contributed by atoms with Crippen LogP contribution in [-0.4, -0.2) is 29.7 Å². The van der Waals surface area contributed by atoms with Crippen LogP contribution in [0.4, 0.5) is 0 Å². The van der Waals surface area contributed by atoms with Gasteiger partial charge < -0.3 is 16.9 Å². The van der Waals surface area contributed by atoms with Gasteiger partial charge in [-0.3, -0.25) is 0 Å². The smallest absolute Gasteiger partial charge is 0.0992 e. The molecule has 0 saturated carbocycles. The average molecular weight is 1110 g/mol. The third kappa shape index (κ3) is 50.5. The van der Waals surface area contributed by atoms with E-state index in [9.17, 15) is 0 Å². The van der Waals surface area contributed by atoms with Gasteiger partial charge in [0, 0.05) is 19.3 Å². The van der Waals surface area contributed by atoms with E-state index in [0.717, 1.165) is 6.04 Å². The highest BCUT2D eigenvalue weighted by molar-refractivity contribution is 4.86. The molecule has 0 fully saturated rings. The van der Waals surface area contributed by atoms with E-state index in [1.54, 1.807) is 0 Å². The van der Waals surface area contributed by atoms with Gasteiger partial charge in [0.1, 0.15) is 0 Å². The minimum atomic E-state index is 0. The maximum absolute atomic E-state index is 2.98. The van der Waals surface area contributed by atoms with Crippen LogP contribution in [0.15, 0.2) is 0 Å². The lowest BCUT2D eigenvalue weighted by molar-refractivity contribution is -0.983. The van der Waals surface area contributed by atoms with Crippen molar-refractivity contribution in [2.24, 2.45) is 0 Å². The molecular formula is C75H154ClN. The molecule has 0 aromatic rings. The zero-order chi connectivity index (χ0) is 55.2. The third-order valence-electron chi connectivity index (χ3n) is 19.6. The monoisotopic (exact) mass is 1100 g/mol. The first-order valence-electron chi connectivity index (χ1n) is 37.4. The molecule has 0 bridgehead atoms. The molecule has 0 aromatic carbocycles. The molecule has 0 radical (unpaired) electrons. The zero-order valence-electron chi connectivity index (χ0n) is 55.6. The maximum Gasteiger partial charge on any atom is 0.0992 e. The summed E-state index contributed by atoms with van der Waals surface area (Å²) in [5.41, 5.74) is 0.460. The molecule has 0 saturated heterocycles. The molecule has 77 heavy (non-hydrogen) atoms. The van der Waals surface area contributed by atoms with Crippen molar-refractivity contribution in [2.75, 3.05) is 13.6 Å². The first-order chi connectivity index (χ1) is 37.5. The predicted octanol–water partition coefficient (Wildman–Crippen LogP) is 25.0. The van der Waals surface area contributed by atoms with Crippen molar-refractivity contribution in [3.63, 3.8) is 0 Å². The Morgan fingerprint density at radius 2 is 0.364 bits per heavy atom. The second-order valence-corrected chi connectivity index (χ2v) is 26.8. The molecule has 0 spiro atoms. The molecule has 0 rings (SSSR count). The summed E-state index contributed by atoms with van der Waals surface area (Å²) in [5.74, 6) is 0. The van der Waals surface area contributed by atoms with E-state index >= 15 is 0 Å². The number of hydrogen-bond acceptors (Lipinski definition) is 0. The Morgan fingerprint density at radius 1 is 0.208 bits per heavy atom. The Labute approximate surface area is 498 Å². The molecule has 0 amide bonds. The Kier molecular flexibility index (Phi) is 67.4. The maximum atomic E-state index is 2.98. The molecular weight excluding hydrogens is 950 g/mol. The van der Waals surface area contributed by atoms with E-state index in [0.29, 0.717) is 5.54 Å². The predicted molar refractivity (Wildman–Crippen MR) is 352 cm³/mol. The summed E-state index contributed by atoms with van der Waals surface area (Å²) >= 11 is 0. The van der Waals surface area contributed by atoms with Gasteiger partial charge in [-0.15, -0.1) is 0 Å². The van der Waals surface area contributed by atoms with Crippen LogP contribution in [-0.2, 0) is 0 Å². The summed E-state index contributed by atoms with van der Waals surface area (Å²) in [6, 6.07) is 0.857. The summed E-state index contributed by atoms with van der Waals surface area (Å²) in [6.07, 6.45) is 95.6. The lowest BCUT2D eigenvalue weighted by atomic mass is 9.75. The second-order valence-electron chi connectivity index (χ2n) is 26.8. The first kappa shape index (κ1) is 79.3. The molecule has 1 nitrogen and oxygen atoms in total. The fourth-order valence-corrected chi connectivity index (χ4v) is 14.1. The Bertz CT molecular complexity index is 957. The minimum Gasteiger partial charge on any atom is -1.00 e. The van der Waals surface area contributed by atoms with Crippen LogP contribution in [0.1, 0.15) is 459 Å². The summed E-state index contributed by atoms with van der Waals surface area (Å²) < 4.78 is 1.46. The van der Waals surface area contributed by atoms with Crippen molar-refractivity contribution in [2.45, 2.75) is 470 Å². The largest absolute Gasteiger partial charge is 1.00 e. The van der Waals surface area contributed by atoms with Crippen molar-refractivity contribution in [1.29, 1.82) is 0 Å². The van der Waals surface area contributed by atoms with Crippen molar-refractivity contribution in [3.8, 4) is 0 Å². The molecule has 466 valence electrons. The minimum absolute atomic E-state index is 0. The number of quaternary nitrogens is 1. The van der Waals surface area contributed by atoms with Crippen LogP contribution in [0, 0.1) is 0 Å². The van der Waals surface area contributed by atoms with Gasteiger partial charge in [-0.2, -0.15) is 0 Å². The molecule has 0 N–H and O–H groups in total. The first-order valence-corrected chi connectivity index (χ1v) is 37.4. The fourth-order valence-electron chi connectivity index (χ4n) is 14.1. The molecule has 1 unspecified atom stereocenters. The van der Waals surface area contributed by atoms with Gasteiger partial charge in [-0.1, -0.05) is 382 Å². The standard InChI is InChI=1S/C75H154N.ClH/c1-8-14-20-26-32-38-44-50-56-62-68-74(69-63-57-51-45-39-33-27-21-15-9-2)76(7,73-67-61-55-49-43-37-31-25-19-13-6)75(70-64-58-52-46-40-34-28-22-16-10-3,71-65-59-53-47-41-35-29-23-17-11-4)72-66-60-54-48-42-36-30-24-18-12-5;/h74H,8-73H2,1-7H3;1H/q+1;/p-1. The molecule has 1 atom stereocenters. The van der Waals surface area contributed by atoms with Crippen molar-refractivity contribution in [1.82, 2.24) is 0 Å². The highest BCUT2D eigenvalue weighted by Gasteiger charge is 2.50. The SMILES string of the molecule is CCCCCCCCCCCCC(CCCCCCCCCCCC)[N+](C)(CCCCCCCCCCCC)C(CCCCCCCCCCCC)(CCCCCCCCCCCC)CCCCCCCCCCCC.[Cl-]. The van der Waals surface area contributed by atoms with Crippen molar-refractivity contribution < 1.29 is 16.9 Å². The Hall–Kier alpha value is 0.250. The number of hydrogen-bond donors (Lipinski definition) is 0. The van der Waals surface area contributed by atoms with Gasteiger partial charge in [0.25, 0.3) is 0 Å². The van der Waals surface area contributed by atoms with Crippen LogP contribution >= 0.6 is 0 Å². The van der Waals surface area contributed by atoms with E-state index in [1.165, 1.54) is 428 Å². The van der Waals surface area contributed by atoms with Crippen LogP contribution in [0.3, 0.4) is 0 Å². The van der Waals surface area contributed by atoms with E-state index < -0.39 is 0 Å². The van der Waals surface area contributed by atoms with Crippen LogP contribution in [0.25, 0.3) is 0 Å². The lowest BCUT2D eigenvalue weighted by Gasteiger charge is -2.57. The van der Waals surface area contributed by atoms with E-state index in [4.69, 9.17) is 0 Å². The van der Waals surface area contributed by atoms with Crippen molar-refractivity contribution >= 4 is 0 Å². The molecule has 0 heterocycles. The van der Waals surface area contributed by atoms with Gasteiger partial charge >= 0.3 is 0 Å². The van der Waals surface area contributed by atoms with Gasteiger partial charge in [-0.25, -0.2) is 0 Å². The van der Waals surface area contributed by atoms with Gasteiger partial charge in [-0.05, 0) is 57.8 Å². The van der Waals surface area contributed by atoms with E-state index in [2.05, 4.69) is 48.6 Å². The van der Waals surface area contributed by atoms with E-state index in [1.807, 2.05) is 0 Å². The van der Waals surface area contributed by atoms with Gasteiger partial charge in [0.2, 0.25) is 0 Å². The molecule has 0 aromatic heterocycles. The fraction of sp³-hybridized carbons (Fsp3) is 1.00. The average Bonchev–Trinajstić information content (AvgIpc) is 3.43. The Balaban J connectivity index is 0. The molecule has 0 aliphatic rings. The number of rotatable bonds is 68. The Morgan fingerprint density at radius 3 is 0.558 bits per heavy atom. The van der Waals surface area contributed by atoms with Crippen LogP contribution in [0.5, 0.6) is 0 Å². The topological polar surface area (TPSA) is 0 Å². The van der Waals surface area contributed by atoms with Crippen LogP contribution < -0.4 is 12.4 Å². The summed E-state index contributed by atoms with van der Waals surface area (Å²) in [7, 11) is 2.98. The molecule has 2 heteroatoms. The second kappa shape index (κ2) is 65.4. The lowest BCUT2D eigenvalue weighted by Crippen LogP contribution is -3.00. The zero-order valence-corrected chi connectivity index (χ0v) is 56.3. The molecule has 0 aliphatic heterocycles. The normalized spacial score (nSPS) is 12.8.